The monoisotopic (exact) mass is 321 g/mol. The normalized spacial score (nSPS) is 30.5. The summed E-state index contributed by atoms with van der Waals surface area (Å²) in [6, 6.07) is 0. The van der Waals surface area contributed by atoms with Crippen molar-refractivity contribution >= 4 is 5.96 Å². The molecule has 23 heavy (non-hydrogen) atoms. The molecule has 3 rings (SSSR count). The van der Waals surface area contributed by atoms with Gasteiger partial charge in [0, 0.05) is 59.4 Å². The first-order chi connectivity index (χ1) is 11.3. The van der Waals surface area contributed by atoms with Crippen molar-refractivity contribution in [3.63, 3.8) is 0 Å². The van der Waals surface area contributed by atoms with Gasteiger partial charge in [-0.15, -0.1) is 0 Å². The number of guanidine groups is 1. The molecule has 0 aromatic heterocycles. The third-order valence-electron chi connectivity index (χ3n) is 6.11. The van der Waals surface area contributed by atoms with Crippen LogP contribution in [0.2, 0.25) is 0 Å². The van der Waals surface area contributed by atoms with Crippen LogP contribution in [-0.2, 0) is 0 Å². The Balaban J connectivity index is 1.39. The highest BCUT2D eigenvalue weighted by atomic mass is 15.3. The summed E-state index contributed by atoms with van der Waals surface area (Å²) in [4.78, 5) is 12.2. The number of fused-ring (bicyclic) bond motifs is 1. The van der Waals surface area contributed by atoms with Crippen LogP contribution in [0, 0.1) is 11.8 Å². The number of piperazine rings is 1. The molecule has 3 aliphatic rings. The average molecular weight is 322 g/mol. The lowest BCUT2D eigenvalue weighted by atomic mass is 9.82. The van der Waals surface area contributed by atoms with Gasteiger partial charge in [0.15, 0.2) is 5.96 Å². The molecule has 2 atom stereocenters. The third kappa shape index (κ3) is 4.38. The smallest absolute Gasteiger partial charge is 0.193 e. The summed E-state index contributed by atoms with van der Waals surface area (Å²) in [7, 11) is 1.93. The molecule has 2 aliphatic heterocycles. The van der Waals surface area contributed by atoms with Crippen molar-refractivity contribution in [3.8, 4) is 0 Å². The van der Waals surface area contributed by atoms with E-state index >= 15 is 0 Å². The molecule has 1 saturated carbocycles. The second-order valence-electron chi connectivity index (χ2n) is 7.46. The molecule has 0 amide bonds. The zero-order valence-corrected chi connectivity index (χ0v) is 15.1. The van der Waals surface area contributed by atoms with Crippen molar-refractivity contribution in [2.75, 3.05) is 66.0 Å². The largest absolute Gasteiger partial charge is 0.355 e. The van der Waals surface area contributed by atoms with E-state index in [2.05, 4.69) is 31.9 Å². The Morgan fingerprint density at radius 1 is 1.00 bits per heavy atom. The highest BCUT2D eigenvalue weighted by Gasteiger charge is 2.35. The number of aliphatic imine (C=N–C) groups is 1. The topological polar surface area (TPSA) is 34.1 Å². The lowest BCUT2D eigenvalue weighted by molar-refractivity contribution is 0.139. The lowest BCUT2D eigenvalue weighted by Gasteiger charge is -2.34. The molecule has 2 saturated heterocycles. The Kier molecular flexibility index (Phi) is 6.17. The quantitative estimate of drug-likeness (QED) is 0.626. The number of nitrogens with zero attached hydrogens (tertiary/aromatic N) is 4. The zero-order chi connectivity index (χ0) is 16.1. The van der Waals surface area contributed by atoms with Gasteiger partial charge >= 0.3 is 0 Å². The molecular weight excluding hydrogens is 286 g/mol. The van der Waals surface area contributed by atoms with Crippen LogP contribution in [0.3, 0.4) is 0 Å². The minimum Gasteiger partial charge on any atom is -0.355 e. The van der Waals surface area contributed by atoms with Gasteiger partial charge in [-0.1, -0.05) is 19.8 Å². The fourth-order valence-corrected chi connectivity index (χ4v) is 4.57. The molecule has 5 heteroatoms. The van der Waals surface area contributed by atoms with Crippen molar-refractivity contribution in [2.45, 2.75) is 32.6 Å². The number of nitrogens with one attached hydrogen (secondary N) is 1. The van der Waals surface area contributed by atoms with Crippen LogP contribution in [0.4, 0.5) is 0 Å². The van der Waals surface area contributed by atoms with Gasteiger partial charge < -0.3 is 15.1 Å². The molecule has 0 bridgehead atoms. The van der Waals surface area contributed by atoms with Gasteiger partial charge in [-0.3, -0.25) is 9.89 Å². The number of hydrogen-bond acceptors (Lipinski definition) is 3. The molecular formula is C18H35N5. The van der Waals surface area contributed by atoms with E-state index in [1.165, 1.54) is 71.5 Å². The molecule has 3 fully saturated rings. The van der Waals surface area contributed by atoms with E-state index in [-0.39, 0.29) is 0 Å². The molecule has 1 N–H and O–H groups in total. The molecule has 0 spiro atoms. The van der Waals surface area contributed by atoms with Gasteiger partial charge in [-0.05, 0) is 31.2 Å². The van der Waals surface area contributed by atoms with Crippen LogP contribution in [0.1, 0.15) is 32.6 Å². The van der Waals surface area contributed by atoms with Crippen LogP contribution >= 0.6 is 0 Å². The van der Waals surface area contributed by atoms with Gasteiger partial charge in [0.25, 0.3) is 0 Å². The summed E-state index contributed by atoms with van der Waals surface area (Å²) < 4.78 is 0. The van der Waals surface area contributed by atoms with Gasteiger partial charge in [0.1, 0.15) is 0 Å². The van der Waals surface area contributed by atoms with E-state index < -0.39 is 0 Å². The van der Waals surface area contributed by atoms with Crippen molar-refractivity contribution in [1.82, 2.24) is 20.0 Å². The first kappa shape index (κ1) is 17.0. The van der Waals surface area contributed by atoms with Crippen LogP contribution < -0.4 is 5.32 Å². The fourth-order valence-electron chi connectivity index (χ4n) is 4.57. The lowest BCUT2D eigenvalue weighted by Crippen LogP contribution is -2.49. The van der Waals surface area contributed by atoms with E-state index in [0.717, 1.165) is 30.9 Å². The van der Waals surface area contributed by atoms with Crippen molar-refractivity contribution in [2.24, 2.45) is 16.8 Å². The Bertz CT molecular complexity index is 375. The first-order valence-electron chi connectivity index (χ1n) is 9.70. The highest BCUT2D eigenvalue weighted by Crippen LogP contribution is 2.35. The summed E-state index contributed by atoms with van der Waals surface area (Å²) in [6.45, 7) is 12.9. The van der Waals surface area contributed by atoms with Crippen molar-refractivity contribution < 1.29 is 0 Å². The SMILES string of the molecule is CCN1CCN(CCNC(=NC)N2CC3CCCCC3C2)CC1. The van der Waals surface area contributed by atoms with E-state index in [1.54, 1.807) is 0 Å². The molecule has 0 radical (unpaired) electrons. The van der Waals surface area contributed by atoms with E-state index in [9.17, 15) is 0 Å². The van der Waals surface area contributed by atoms with Gasteiger partial charge in [0.2, 0.25) is 0 Å². The molecule has 5 nitrogen and oxygen atoms in total. The molecule has 2 unspecified atom stereocenters. The van der Waals surface area contributed by atoms with Gasteiger partial charge in [-0.25, -0.2) is 0 Å². The maximum absolute atomic E-state index is 4.54. The van der Waals surface area contributed by atoms with Crippen LogP contribution in [-0.4, -0.2) is 86.6 Å². The minimum absolute atomic E-state index is 0.921. The Labute approximate surface area is 142 Å². The summed E-state index contributed by atoms with van der Waals surface area (Å²) in [6.07, 6.45) is 5.73. The number of hydrogen-bond donors (Lipinski definition) is 1. The van der Waals surface area contributed by atoms with E-state index in [0.29, 0.717) is 0 Å². The highest BCUT2D eigenvalue weighted by molar-refractivity contribution is 5.80. The second kappa shape index (κ2) is 8.34. The third-order valence-corrected chi connectivity index (χ3v) is 6.11. The van der Waals surface area contributed by atoms with Crippen LogP contribution in [0.25, 0.3) is 0 Å². The Hall–Kier alpha value is -0.810. The Morgan fingerprint density at radius 3 is 2.17 bits per heavy atom. The number of likely N-dealkylation sites (tertiary alicyclic amines) is 1. The molecule has 132 valence electrons. The zero-order valence-electron chi connectivity index (χ0n) is 15.1. The summed E-state index contributed by atoms with van der Waals surface area (Å²) in [5.41, 5.74) is 0. The Morgan fingerprint density at radius 2 is 1.61 bits per heavy atom. The van der Waals surface area contributed by atoms with Gasteiger partial charge in [0.05, 0.1) is 0 Å². The maximum atomic E-state index is 4.54. The predicted molar refractivity (Wildman–Crippen MR) is 96.9 cm³/mol. The van der Waals surface area contributed by atoms with Crippen molar-refractivity contribution in [3.05, 3.63) is 0 Å². The minimum atomic E-state index is 0.921. The average Bonchev–Trinajstić information content (AvgIpc) is 3.03. The molecule has 0 aromatic rings. The van der Waals surface area contributed by atoms with Crippen molar-refractivity contribution in [1.29, 1.82) is 0 Å². The molecule has 0 aromatic carbocycles. The van der Waals surface area contributed by atoms with Crippen LogP contribution in [0.5, 0.6) is 0 Å². The van der Waals surface area contributed by atoms with E-state index in [1.807, 2.05) is 7.05 Å². The van der Waals surface area contributed by atoms with Crippen LogP contribution in [0.15, 0.2) is 4.99 Å². The molecule has 1 aliphatic carbocycles. The predicted octanol–water partition coefficient (Wildman–Crippen LogP) is 1.32. The van der Waals surface area contributed by atoms with Gasteiger partial charge in [-0.2, -0.15) is 0 Å². The maximum Gasteiger partial charge on any atom is 0.193 e. The summed E-state index contributed by atoms with van der Waals surface area (Å²) in [5.74, 6) is 2.97. The second-order valence-corrected chi connectivity index (χ2v) is 7.46. The van der Waals surface area contributed by atoms with E-state index in [4.69, 9.17) is 0 Å². The summed E-state index contributed by atoms with van der Waals surface area (Å²) in [5, 5.41) is 3.61. The standard InChI is InChI=1S/C18H35N5/c1-3-21-10-12-22(13-11-21)9-8-20-18(19-2)23-14-16-6-4-5-7-17(16)15-23/h16-17H,3-15H2,1-2H3,(H,19,20). The number of likely N-dealkylation sites (N-methyl/N-ethyl adjacent to an activating group) is 1. The number of rotatable bonds is 4. The fraction of sp³-hybridized carbons (Fsp3) is 0.944. The first-order valence-corrected chi connectivity index (χ1v) is 9.70. The molecule has 2 heterocycles. The summed E-state index contributed by atoms with van der Waals surface area (Å²) >= 11 is 0.